The summed E-state index contributed by atoms with van der Waals surface area (Å²) >= 11 is 6.15. The van der Waals surface area contributed by atoms with Gasteiger partial charge in [0.2, 0.25) is 0 Å². The summed E-state index contributed by atoms with van der Waals surface area (Å²) in [4.78, 5) is 16.4. The van der Waals surface area contributed by atoms with Crippen LogP contribution < -0.4 is 5.32 Å². The monoisotopic (exact) mass is 300 g/mol. The van der Waals surface area contributed by atoms with E-state index in [2.05, 4.69) is 10.3 Å². The first-order valence-electron chi connectivity index (χ1n) is 6.26. The lowest BCUT2D eigenvalue weighted by molar-refractivity contribution is 0.102. The first-order chi connectivity index (χ1) is 10.1. The number of hydrogen-bond acceptors (Lipinski definition) is 2. The Bertz CT molecular complexity index is 835. The molecule has 1 amide bonds. The second-order valence-corrected chi connectivity index (χ2v) is 4.88. The van der Waals surface area contributed by atoms with E-state index < -0.39 is 11.7 Å². The van der Waals surface area contributed by atoms with Crippen molar-refractivity contribution in [1.29, 1.82) is 0 Å². The topological polar surface area (TPSA) is 42.0 Å². The average molecular weight is 301 g/mol. The Hall–Kier alpha value is -2.46. The number of halogens is 2. The fraction of sp³-hybridized carbons (Fsp3) is 0. The number of benzene rings is 2. The van der Waals surface area contributed by atoms with Crippen molar-refractivity contribution < 1.29 is 9.18 Å². The van der Waals surface area contributed by atoms with Crippen molar-refractivity contribution >= 4 is 34.1 Å². The van der Waals surface area contributed by atoms with Crippen LogP contribution in [0.1, 0.15) is 10.5 Å². The highest BCUT2D eigenvalue weighted by Gasteiger charge is 2.11. The van der Waals surface area contributed by atoms with Gasteiger partial charge in [0, 0.05) is 11.1 Å². The average Bonchev–Trinajstić information content (AvgIpc) is 2.47. The van der Waals surface area contributed by atoms with Gasteiger partial charge in [-0.15, -0.1) is 0 Å². The van der Waals surface area contributed by atoms with Crippen molar-refractivity contribution in [2.45, 2.75) is 0 Å². The van der Waals surface area contributed by atoms with E-state index in [0.717, 1.165) is 5.39 Å². The van der Waals surface area contributed by atoms with E-state index in [1.165, 1.54) is 24.3 Å². The van der Waals surface area contributed by atoms with Crippen LogP contribution in [0, 0.1) is 5.82 Å². The van der Waals surface area contributed by atoms with Crippen LogP contribution in [0.3, 0.4) is 0 Å². The van der Waals surface area contributed by atoms with Crippen molar-refractivity contribution in [3.63, 3.8) is 0 Å². The first kappa shape index (κ1) is 13.5. The van der Waals surface area contributed by atoms with Gasteiger partial charge in [-0.05, 0) is 30.3 Å². The fourth-order valence-electron chi connectivity index (χ4n) is 2.01. The van der Waals surface area contributed by atoms with Crippen molar-refractivity contribution in [1.82, 2.24) is 4.98 Å². The van der Waals surface area contributed by atoms with Gasteiger partial charge in [-0.1, -0.05) is 35.9 Å². The molecule has 0 fully saturated rings. The number of amides is 1. The van der Waals surface area contributed by atoms with Crippen molar-refractivity contribution in [2.75, 3.05) is 5.32 Å². The fourth-order valence-corrected chi connectivity index (χ4v) is 2.27. The van der Waals surface area contributed by atoms with E-state index in [0.29, 0.717) is 16.2 Å². The highest BCUT2D eigenvalue weighted by molar-refractivity contribution is 6.35. The molecule has 0 aliphatic rings. The van der Waals surface area contributed by atoms with Crippen molar-refractivity contribution in [3.05, 3.63) is 71.1 Å². The standard InChI is InChI=1S/C16H10ClFN2O/c17-13-9-15(20-14-7-2-1-6-12(13)14)16(21)19-11-5-3-4-10(18)8-11/h1-9H,(H,19,21). The number of aromatic nitrogens is 1. The van der Waals surface area contributed by atoms with E-state index in [4.69, 9.17) is 11.6 Å². The summed E-state index contributed by atoms with van der Waals surface area (Å²) in [6, 6.07) is 14.4. The molecule has 104 valence electrons. The molecular formula is C16H10ClFN2O. The molecule has 5 heteroatoms. The smallest absolute Gasteiger partial charge is 0.274 e. The van der Waals surface area contributed by atoms with Gasteiger partial charge in [-0.25, -0.2) is 9.37 Å². The van der Waals surface area contributed by atoms with Gasteiger partial charge in [0.05, 0.1) is 10.5 Å². The largest absolute Gasteiger partial charge is 0.321 e. The minimum Gasteiger partial charge on any atom is -0.321 e. The summed E-state index contributed by atoms with van der Waals surface area (Å²) in [6.07, 6.45) is 0. The number of anilines is 1. The molecule has 3 rings (SSSR count). The number of pyridine rings is 1. The summed E-state index contributed by atoms with van der Waals surface area (Å²) in [5, 5.41) is 3.82. The van der Waals surface area contributed by atoms with Gasteiger partial charge < -0.3 is 5.32 Å². The van der Waals surface area contributed by atoms with Crippen LogP contribution in [0.2, 0.25) is 5.02 Å². The van der Waals surface area contributed by atoms with Crippen LogP contribution in [0.4, 0.5) is 10.1 Å². The quantitative estimate of drug-likeness (QED) is 0.767. The van der Waals surface area contributed by atoms with E-state index >= 15 is 0 Å². The molecule has 1 N–H and O–H groups in total. The Balaban J connectivity index is 1.94. The third-order valence-corrected chi connectivity index (χ3v) is 3.29. The lowest BCUT2D eigenvalue weighted by atomic mass is 10.2. The van der Waals surface area contributed by atoms with Crippen LogP contribution in [-0.4, -0.2) is 10.9 Å². The lowest BCUT2D eigenvalue weighted by Crippen LogP contribution is -2.13. The maximum atomic E-state index is 13.1. The molecule has 1 heterocycles. The molecule has 0 radical (unpaired) electrons. The predicted octanol–water partition coefficient (Wildman–Crippen LogP) is 4.28. The maximum Gasteiger partial charge on any atom is 0.274 e. The minimum atomic E-state index is -0.437. The molecule has 0 bridgehead atoms. The molecule has 3 nitrogen and oxygen atoms in total. The molecular weight excluding hydrogens is 291 g/mol. The Morgan fingerprint density at radius 1 is 1.10 bits per heavy atom. The van der Waals surface area contributed by atoms with Crippen LogP contribution >= 0.6 is 11.6 Å². The van der Waals surface area contributed by atoms with Gasteiger partial charge in [0.15, 0.2) is 0 Å². The van der Waals surface area contributed by atoms with Crippen LogP contribution in [0.25, 0.3) is 10.9 Å². The van der Waals surface area contributed by atoms with E-state index in [1.54, 1.807) is 12.1 Å². The Labute approximate surface area is 125 Å². The van der Waals surface area contributed by atoms with Crippen LogP contribution in [0.15, 0.2) is 54.6 Å². The zero-order valence-electron chi connectivity index (χ0n) is 10.8. The second kappa shape index (κ2) is 5.50. The van der Waals surface area contributed by atoms with Gasteiger partial charge in [0.25, 0.3) is 5.91 Å². The normalized spacial score (nSPS) is 10.6. The third kappa shape index (κ3) is 2.85. The van der Waals surface area contributed by atoms with Gasteiger partial charge in [0.1, 0.15) is 11.5 Å². The molecule has 2 aromatic carbocycles. The summed E-state index contributed by atoms with van der Waals surface area (Å²) in [5.41, 5.74) is 1.18. The summed E-state index contributed by atoms with van der Waals surface area (Å²) in [6.45, 7) is 0. The highest BCUT2D eigenvalue weighted by Crippen LogP contribution is 2.23. The summed E-state index contributed by atoms with van der Waals surface area (Å²) in [5.74, 6) is -0.856. The molecule has 0 saturated heterocycles. The van der Waals surface area contributed by atoms with Crippen LogP contribution in [-0.2, 0) is 0 Å². The van der Waals surface area contributed by atoms with Crippen LogP contribution in [0.5, 0.6) is 0 Å². The Kier molecular flexibility index (Phi) is 3.54. The molecule has 0 aliphatic heterocycles. The van der Waals surface area contributed by atoms with Gasteiger partial charge in [-0.3, -0.25) is 4.79 Å². The molecule has 0 saturated carbocycles. The molecule has 21 heavy (non-hydrogen) atoms. The zero-order chi connectivity index (χ0) is 14.8. The van der Waals surface area contributed by atoms with E-state index in [-0.39, 0.29) is 5.69 Å². The molecule has 0 atom stereocenters. The molecule has 0 unspecified atom stereocenters. The SMILES string of the molecule is O=C(Nc1cccc(F)c1)c1cc(Cl)c2ccccc2n1. The second-order valence-electron chi connectivity index (χ2n) is 4.47. The van der Waals surface area contributed by atoms with Crippen molar-refractivity contribution in [3.8, 4) is 0 Å². The zero-order valence-corrected chi connectivity index (χ0v) is 11.6. The summed E-state index contributed by atoms with van der Waals surface area (Å²) in [7, 11) is 0. The minimum absolute atomic E-state index is 0.183. The summed E-state index contributed by atoms with van der Waals surface area (Å²) < 4.78 is 13.1. The number of hydrogen-bond donors (Lipinski definition) is 1. The maximum absolute atomic E-state index is 13.1. The highest BCUT2D eigenvalue weighted by atomic mass is 35.5. The lowest BCUT2D eigenvalue weighted by Gasteiger charge is -2.07. The first-order valence-corrected chi connectivity index (χ1v) is 6.63. The third-order valence-electron chi connectivity index (χ3n) is 2.98. The number of nitrogens with one attached hydrogen (secondary N) is 1. The van der Waals surface area contributed by atoms with Crippen molar-refractivity contribution in [2.24, 2.45) is 0 Å². The molecule has 0 spiro atoms. The molecule has 1 aromatic heterocycles. The van der Waals surface area contributed by atoms with E-state index in [1.807, 2.05) is 18.2 Å². The number of carbonyl (C=O) groups excluding carboxylic acids is 1. The van der Waals surface area contributed by atoms with Gasteiger partial charge >= 0.3 is 0 Å². The van der Waals surface area contributed by atoms with E-state index in [9.17, 15) is 9.18 Å². The predicted molar refractivity (Wildman–Crippen MR) is 81.1 cm³/mol. The number of nitrogens with zero attached hydrogens (tertiary/aromatic N) is 1. The number of para-hydroxylation sites is 1. The Morgan fingerprint density at radius 3 is 2.71 bits per heavy atom. The Morgan fingerprint density at radius 2 is 1.90 bits per heavy atom. The molecule has 3 aromatic rings. The van der Waals surface area contributed by atoms with Gasteiger partial charge in [-0.2, -0.15) is 0 Å². The number of rotatable bonds is 2. The molecule has 0 aliphatic carbocycles. The number of carbonyl (C=O) groups is 1. The number of fused-ring (bicyclic) bond motifs is 1.